The third kappa shape index (κ3) is 1.50. The zero-order chi connectivity index (χ0) is 10.8. The van der Waals surface area contributed by atoms with Gasteiger partial charge in [0.2, 0.25) is 0 Å². The van der Waals surface area contributed by atoms with Gasteiger partial charge in [0.15, 0.2) is 17.3 Å². The third-order valence-electron chi connectivity index (χ3n) is 2.04. The number of aryl methyl sites for hydroxylation is 1. The quantitative estimate of drug-likeness (QED) is 0.708. The van der Waals surface area contributed by atoms with Gasteiger partial charge in [0.1, 0.15) is 0 Å². The van der Waals surface area contributed by atoms with Gasteiger partial charge in [-0.3, -0.25) is 4.79 Å². The average Bonchev–Trinajstić information content (AvgIpc) is 2.75. The highest BCUT2D eigenvalue weighted by Gasteiger charge is 2.12. The second-order valence-corrected chi connectivity index (χ2v) is 2.97. The molecule has 78 valence electrons. The van der Waals surface area contributed by atoms with E-state index in [0.717, 1.165) is 4.68 Å². The van der Waals surface area contributed by atoms with Crippen molar-refractivity contribution in [3.05, 3.63) is 34.6 Å². The Bertz CT molecular complexity index is 515. The number of rotatable bonds is 2. The molecule has 0 saturated carbocycles. The first-order chi connectivity index (χ1) is 7.24. The van der Waals surface area contributed by atoms with Crippen LogP contribution in [-0.2, 0) is 6.42 Å². The molecule has 15 heavy (non-hydrogen) atoms. The molecule has 0 aliphatic rings. The summed E-state index contributed by atoms with van der Waals surface area (Å²) in [5.41, 5.74) is -0.281. The third-order valence-corrected chi connectivity index (χ3v) is 2.04. The maximum atomic E-state index is 11.7. The lowest BCUT2D eigenvalue weighted by atomic mass is 10.3. The van der Waals surface area contributed by atoms with E-state index in [0.29, 0.717) is 18.0 Å². The van der Waals surface area contributed by atoms with Crippen molar-refractivity contribution in [2.24, 2.45) is 0 Å². The minimum atomic E-state index is -0.406. The minimum Gasteiger partial charge on any atom is -0.462 e. The van der Waals surface area contributed by atoms with Crippen LogP contribution >= 0.6 is 0 Å². The number of nitrogen functional groups attached to an aromatic ring is 1. The molecule has 2 aromatic rings. The number of nitrogens with two attached hydrogens (primary N) is 1. The minimum absolute atomic E-state index is 0.125. The van der Waals surface area contributed by atoms with Crippen molar-refractivity contribution in [3.63, 3.8) is 0 Å². The van der Waals surface area contributed by atoms with E-state index in [1.807, 2.05) is 6.92 Å². The molecule has 0 aliphatic carbocycles. The van der Waals surface area contributed by atoms with E-state index in [-0.39, 0.29) is 5.69 Å². The van der Waals surface area contributed by atoms with Crippen LogP contribution in [0.25, 0.3) is 11.5 Å². The first kappa shape index (κ1) is 9.45. The molecule has 0 aromatic carbocycles. The molecule has 0 bridgehead atoms. The molecule has 6 nitrogen and oxygen atoms in total. The number of nitrogens with zero attached hydrogens (tertiary/aromatic N) is 3. The van der Waals surface area contributed by atoms with Crippen molar-refractivity contribution in [3.8, 4) is 11.5 Å². The van der Waals surface area contributed by atoms with Gasteiger partial charge in [-0.1, -0.05) is 6.92 Å². The molecule has 0 fully saturated rings. The number of hydrogen-bond acceptors (Lipinski definition) is 5. The van der Waals surface area contributed by atoms with Crippen LogP contribution in [0.15, 0.2) is 27.6 Å². The Morgan fingerprint density at radius 1 is 1.53 bits per heavy atom. The SMILES string of the molecule is CCc1nnc(-c2ccco2)c(=O)n1N. The monoisotopic (exact) mass is 206 g/mol. The molecule has 0 atom stereocenters. The molecule has 2 rings (SSSR count). The van der Waals surface area contributed by atoms with E-state index < -0.39 is 5.56 Å². The largest absolute Gasteiger partial charge is 0.462 e. The van der Waals surface area contributed by atoms with Gasteiger partial charge in [-0.05, 0) is 12.1 Å². The average molecular weight is 206 g/mol. The lowest BCUT2D eigenvalue weighted by Crippen LogP contribution is -2.33. The molecular formula is C9H10N4O2. The first-order valence-electron chi connectivity index (χ1n) is 4.51. The highest BCUT2D eigenvalue weighted by atomic mass is 16.3. The van der Waals surface area contributed by atoms with Crippen LogP contribution in [0.5, 0.6) is 0 Å². The summed E-state index contributed by atoms with van der Waals surface area (Å²) in [6, 6.07) is 3.31. The van der Waals surface area contributed by atoms with E-state index in [2.05, 4.69) is 10.2 Å². The Hall–Kier alpha value is -2.11. The summed E-state index contributed by atoms with van der Waals surface area (Å²) in [6.07, 6.45) is 2.02. The summed E-state index contributed by atoms with van der Waals surface area (Å²) in [7, 11) is 0. The van der Waals surface area contributed by atoms with Crippen LogP contribution in [0, 0.1) is 0 Å². The van der Waals surface area contributed by atoms with Crippen LogP contribution in [0.1, 0.15) is 12.7 Å². The highest BCUT2D eigenvalue weighted by Crippen LogP contribution is 2.11. The van der Waals surface area contributed by atoms with Gasteiger partial charge in [0.05, 0.1) is 6.26 Å². The Morgan fingerprint density at radius 2 is 2.33 bits per heavy atom. The topological polar surface area (TPSA) is 86.9 Å². The number of aromatic nitrogens is 3. The summed E-state index contributed by atoms with van der Waals surface area (Å²) in [4.78, 5) is 11.7. The molecule has 0 spiro atoms. The second-order valence-electron chi connectivity index (χ2n) is 2.97. The summed E-state index contributed by atoms with van der Waals surface area (Å²) >= 11 is 0. The van der Waals surface area contributed by atoms with Crippen molar-refractivity contribution in [2.45, 2.75) is 13.3 Å². The van der Waals surface area contributed by atoms with Crippen LogP contribution in [0.3, 0.4) is 0 Å². The van der Waals surface area contributed by atoms with E-state index in [1.54, 1.807) is 12.1 Å². The summed E-state index contributed by atoms with van der Waals surface area (Å²) in [5.74, 6) is 6.37. The zero-order valence-corrected chi connectivity index (χ0v) is 8.17. The van der Waals surface area contributed by atoms with E-state index in [9.17, 15) is 4.79 Å². The molecule has 2 N–H and O–H groups in total. The standard InChI is InChI=1S/C9H10N4O2/c1-2-7-11-12-8(9(14)13(7)10)6-4-3-5-15-6/h3-5H,2,10H2,1H3. The maximum absolute atomic E-state index is 11.7. The Morgan fingerprint density at radius 3 is 2.93 bits per heavy atom. The smallest absolute Gasteiger partial charge is 0.302 e. The van der Waals surface area contributed by atoms with Crippen molar-refractivity contribution in [1.29, 1.82) is 0 Å². The van der Waals surface area contributed by atoms with Gasteiger partial charge in [-0.2, -0.15) is 0 Å². The molecule has 0 saturated heterocycles. The predicted octanol–water partition coefficient (Wildman–Crippen LogP) is 0.174. The van der Waals surface area contributed by atoms with E-state index >= 15 is 0 Å². The van der Waals surface area contributed by atoms with Crippen LogP contribution < -0.4 is 11.4 Å². The molecule has 0 unspecified atom stereocenters. The van der Waals surface area contributed by atoms with Crippen molar-refractivity contribution < 1.29 is 4.42 Å². The van der Waals surface area contributed by atoms with Gasteiger partial charge < -0.3 is 10.3 Å². The van der Waals surface area contributed by atoms with Crippen LogP contribution in [-0.4, -0.2) is 14.9 Å². The van der Waals surface area contributed by atoms with Crippen LogP contribution in [0.2, 0.25) is 0 Å². The van der Waals surface area contributed by atoms with Gasteiger partial charge in [-0.25, -0.2) is 4.68 Å². The fraction of sp³-hybridized carbons (Fsp3) is 0.222. The normalized spacial score (nSPS) is 10.5. The summed E-state index contributed by atoms with van der Waals surface area (Å²) in [6.45, 7) is 1.85. The molecule has 6 heteroatoms. The Kier molecular flexibility index (Phi) is 2.24. The molecule has 0 radical (unpaired) electrons. The zero-order valence-electron chi connectivity index (χ0n) is 8.17. The van der Waals surface area contributed by atoms with Crippen molar-refractivity contribution in [1.82, 2.24) is 14.9 Å². The predicted molar refractivity (Wildman–Crippen MR) is 53.5 cm³/mol. The fourth-order valence-corrected chi connectivity index (χ4v) is 1.24. The van der Waals surface area contributed by atoms with E-state index in [1.165, 1.54) is 6.26 Å². The Balaban J connectivity index is 2.62. The fourth-order valence-electron chi connectivity index (χ4n) is 1.24. The van der Waals surface area contributed by atoms with Crippen LogP contribution in [0.4, 0.5) is 0 Å². The van der Waals surface area contributed by atoms with Gasteiger partial charge in [-0.15, -0.1) is 10.2 Å². The van der Waals surface area contributed by atoms with Crippen molar-refractivity contribution in [2.75, 3.05) is 5.84 Å². The molecule has 0 aliphatic heterocycles. The molecule has 2 heterocycles. The highest BCUT2D eigenvalue weighted by molar-refractivity contribution is 5.49. The summed E-state index contributed by atoms with van der Waals surface area (Å²) < 4.78 is 6.05. The molecule has 0 amide bonds. The van der Waals surface area contributed by atoms with Crippen molar-refractivity contribution >= 4 is 0 Å². The number of hydrogen-bond donors (Lipinski definition) is 1. The second kappa shape index (κ2) is 3.56. The molecular weight excluding hydrogens is 196 g/mol. The maximum Gasteiger partial charge on any atom is 0.302 e. The Labute approximate surface area is 85.3 Å². The summed E-state index contributed by atoms with van der Waals surface area (Å²) in [5, 5.41) is 7.64. The van der Waals surface area contributed by atoms with E-state index in [4.69, 9.17) is 10.3 Å². The lowest BCUT2D eigenvalue weighted by molar-refractivity contribution is 0.574. The molecule has 2 aromatic heterocycles. The van der Waals surface area contributed by atoms with Gasteiger partial charge in [0.25, 0.3) is 0 Å². The first-order valence-corrected chi connectivity index (χ1v) is 4.51. The van der Waals surface area contributed by atoms with Gasteiger partial charge in [0, 0.05) is 6.42 Å². The number of furan rings is 1. The lowest BCUT2D eigenvalue weighted by Gasteiger charge is -2.03. The van der Waals surface area contributed by atoms with Gasteiger partial charge >= 0.3 is 5.56 Å².